The van der Waals surface area contributed by atoms with Crippen molar-refractivity contribution in [2.24, 2.45) is 17.6 Å². The van der Waals surface area contributed by atoms with E-state index in [9.17, 15) is 34.8 Å². The zero-order valence-electron chi connectivity index (χ0n) is 23.8. The number of Topliss-reactive ketones (excluding diaryl/α,β-unsaturated/α-hetero) is 2. The molecule has 12 heteroatoms. The number of rotatable bonds is 5. The number of carbonyl (C=O) groups excluding carboxylic acids is 3. The number of likely N-dealkylation sites (N-methyl/N-ethyl adjacent to an activating group) is 1. The van der Waals surface area contributed by atoms with Crippen molar-refractivity contribution in [1.29, 1.82) is 0 Å². The summed E-state index contributed by atoms with van der Waals surface area (Å²) in [6.07, 6.45) is 0.128. The number of nitrogens with zero attached hydrogens (tertiary/aromatic N) is 2. The molecule has 2 aromatic rings. The Labute approximate surface area is 252 Å². The molecule has 2 aromatic carbocycles. The van der Waals surface area contributed by atoms with Crippen LogP contribution in [0.4, 0.5) is 0 Å². The van der Waals surface area contributed by atoms with Gasteiger partial charge >= 0.3 is 0 Å². The van der Waals surface area contributed by atoms with Gasteiger partial charge < -0.3 is 30.9 Å². The fraction of sp³-hybridized carbons (Fsp3) is 0.387. The maximum atomic E-state index is 14.0. The molecule has 0 bridgehead atoms. The molecule has 4 aliphatic rings. The van der Waals surface area contributed by atoms with E-state index in [0.29, 0.717) is 35.8 Å². The Bertz CT molecular complexity index is 1680. The second kappa shape index (κ2) is 10.1. The van der Waals surface area contributed by atoms with Gasteiger partial charge in [0.1, 0.15) is 28.6 Å². The maximum absolute atomic E-state index is 14.0. The van der Waals surface area contributed by atoms with Gasteiger partial charge in [0.15, 0.2) is 11.4 Å². The van der Waals surface area contributed by atoms with E-state index in [1.54, 1.807) is 21.2 Å². The van der Waals surface area contributed by atoms with Crippen LogP contribution in [0.15, 0.2) is 41.2 Å². The number of ether oxygens (including phenoxy) is 1. The number of halogens is 1. The van der Waals surface area contributed by atoms with Crippen LogP contribution < -0.4 is 10.5 Å². The number of aliphatic hydroxyl groups excluding tert-OH is 2. The number of phenolic OH excluding ortho intramolecular Hbond substituents is 1. The summed E-state index contributed by atoms with van der Waals surface area (Å²) in [7, 11) is 4.73. The van der Waals surface area contributed by atoms with Crippen LogP contribution in [0.3, 0.4) is 0 Å². The van der Waals surface area contributed by atoms with Gasteiger partial charge in [-0.3, -0.25) is 24.2 Å². The number of nitrogens with two attached hydrogens (primary N) is 1. The Morgan fingerprint density at radius 2 is 1.86 bits per heavy atom. The second-order valence-electron chi connectivity index (χ2n) is 12.0. The summed E-state index contributed by atoms with van der Waals surface area (Å²) in [4.78, 5) is 43.0. The number of primary amides is 1. The highest BCUT2D eigenvalue weighted by Gasteiger charge is 2.64. The minimum absolute atomic E-state index is 0.00362. The largest absolute Gasteiger partial charge is 0.508 e. The predicted octanol–water partition coefficient (Wildman–Crippen LogP) is 2.14. The number of aliphatic hydroxyl groups is 3. The molecule has 0 radical (unpaired) electrons. The van der Waals surface area contributed by atoms with Gasteiger partial charge in [0.25, 0.3) is 5.91 Å². The molecule has 0 aromatic heterocycles. The van der Waals surface area contributed by atoms with E-state index < -0.39 is 58.0 Å². The number of methoxy groups -OCH3 is 1. The molecule has 6 rings (SSSR count). The Kier molecular flexibility index (Phi) is 6.85. The van der Waals surface area contributed by atoms with Crippen molar-refractivity contribution >= 4 is 34.8 Å². The van der Waals surface area contributed by atoms with Crippen molar-refractivity contribution in [3.05, 3.63) is 74.0 Å². The number of benzene rings is 2. The first kappa shape index (κ1) is 29.2. The molecular formula is C31H32ClN3O8. The molecule has 11 nitrogen and oxygen atoms in total. The van der Waals surface area contributed by atoms with Crippen molar-refractivity contribution in [2.75, 3.05) is 21.2 Å². The van der Waals surface area contributed by atoms with Crippen LogP contribution in [0.2, 0.25) is 5.02 Å². The summed E-state index contributed by atoms with van der Waals surface area (Å²) >= 11 is 6.93. The van der Waals surface area contributed by atoms with E-state index in [0.717, 1.165) is 16.9 Å². The number of aromatic hydroxyl groups is 1. The van der Waals surface area contributed by atoms with Crippen LogP contribution >= 0.6 is 11.6 Å². The number of amides is 1. The molecular weight excluding hydrogens is 578 g/mol. The van der Waals surface area contributed by atoms with Gasteiger partial charge in [-0.15, -0.1) is 0 Å². The van der Waals surface area contributed by atoms with Gasteiger partial charge in [-0.25, -0.2) is 0 Å². The molecule has 4 atom stereocenters. The zero-order valence-corrected chi connectivity index (χ0v) is 24.6. The third-order valence-corrected chi connectivity index (χ3v) is 9.80. The Balaban J connectivity index is 1.40. The van der Waals surface area contributed by atoms with Gasteiger partial charge in [-0.2, -0.15) is 0 Å². The first-order valence-electron chi connectivity index (χ1n) is 13.9. The van der Waals surface area contributed by atoms with Crippen molar-refractivity contribution < 1.29 is 39.5 Å². The van der Waals surface area contributed by atoms with E-state index in [-0.39, 0.29) is 29.7 Å². The third kappa shape index (κ3) is 4.17. The summed E-state index contributed by atoms with van der Waals surface area (Å²) in [5.74, 6) is -6.19. The van der Waals surface area contributed by atoms with E-state index in [1.807, 2.05) is 18.2 Å². The van der Waals surface area contributed by atoms with Crippen molar-refractivity contribution in [1.82, 2.24) is 9.80 Å². The summed E-state index contributed by atoms with van der Waals surface area (Å²) in [5.41, 5.74) is 4.97. The molecule has 1 saturated carbocycles. The Morgan fingerprint density at radius 1 is 1.16 bits per heavy atom. The molecule has 226 valence electrons. The van der Waals surface area contributed by atoms with Crippen LogP contribution in [-0.4, -0.2) is 80.5 Å². The lowest BCUT2D eigenvalue weighted by atomic mass is 9.57. The Hall–Kier alpha value is -3.90. The standard InChI is InChI=1S/C31H32ClN3O8/c1-34(2)25-19-8-14-7-18-22(26(37)21(14)28(39)31(19,42)29(40)23(27(25)38)30(33)41)20(36)9-16(24(18)32)12-35-10-13-4-5-17(43-3)6-15(13)11-35/h4-6,9,14,19,25,36-37,40,42H,7-8,10-12H2,1-3H3,(H2,33,41)/t14-,19-,25-,31-/m0/s1. The number of carbonyl (C=O) groups is 3. The monoisotopic (exact) mass is 609 g/mol. The predicted molar refractivity (Wildman–Crippen MR) is 155 cm³/mol. The number of hydrogen-bond acceptors (Lipinski definition) is 10. The Morgan fingerprint density at radius 3 is 2.51 bits per heavy atom. The topological polar surface area (TPSA) is 174 Å². The molecule has 3 aliphatic carbocycles. The van der Waals surface area contributed by atoms with Gasteiger partial charge in [-0.05, 0) is 73.3 Å². The summed E-state index contributed by atoms with van der Waals surface area (Å²) < 4.78 is 5.34. The van der Waals surface area contributed by atoms with Crippen LogP contribution in [-0.2, 0) is 40.4 Å². The third-order valence-electron chi connectivity index (χ3n) is 9.32. The van der Waals surface area contributed by atoms with Crippen LogP contribution in [0.5, 0.6) is 11.5 Å². The second-order valence-corrected chi connectivity index (χ2v) is 12.3. The fourth-order valence-corrected chi connectivity index (χ4v) is 7.67. The van der Waals surface area contributed by atoms with E-state index >= 15 is 0 Å². The first-order chi connectivity index (χ1) is 20.3. The van der Waals surface area contributed by atoms with Gasteiger partial charge in [0.05, 0.1) is 18.7 Å². The molecule has 43 heavy (non-hydrogen) atoms. The normalized spacial score (nSPS) is 26.8. The molecule has 0 spiro atoms. The molecule has 0 saturated heterocycles. The molecule has 6 N–H and O–H groups in total. The highest BCUT2D eigenvalue weighted by Crippen LogP contribution is 2.53. The molecule has 1 fully saturated rings. The van der Waals surface area contributed by atoms with Gasteiger partial charge in [0.2, 0.25) is 5.78 Å². The number of fused-ring (bicyclic) bond motifs is 4. The smallest absolute Gasteiger partial charge is 0.255 e. The number of ketones is 2. The van der Waals surface area contributed by atoms with Crippen LogP contribution in [0.1, 0.15) is 34.2 Å². The lowest BCUT2D eigenvalue weighted by molar-refractivity contribution is -0.153. The lowest BCUT2D eigenvalue weighted by Crippen LogP contribution is -2.65. The van der Waals surface area contributed by atoms with E-state index in [2.05, 4.69) is 4.90 Å². The van der Waals surface area contributed by atoms with E-state index in [1.165, 1.54) is 11.0 Å². The number of phenols is 1. The van der Waals surface area contributed by atoms with Crippen LogP contribution in [0.25, 0.3) is 5.76 Å². The van der Waals surface area contributed by atoms with Gasteiger partial charge in [-0.1, -0.05) is 17.7 Å². The summed E-state index contributed by atoms with van der Waals surface area (Å²) in [6, 6.07) is 6.22. The molecule has 0 unspecified atom stereocenters. The van der Waals surface area contributed by atoms with Gasteiger partial charge in [0, 0.05) is 36.1 Å². The number of hydrogen-bond donors (Lipinski definition) is 5. The summed E-state index contributed by atoms with van der Waals surface area (Å²) in [5, 5.41) is 45.5. The molecule has 1 heterocycles. The lowest BCUT2D eigenvalue weighted by Gasteiger charge is -2.50. The fourth-order valence-electron chi connectivity index (χ4n) is 7.38. The molecule has 1 aliphatic heterocycles. The summed E-state index contributed by atoms with van der Waals surface area (Å²) in [6.45, 7) is 1.73. The minimum atomic E-state index is -2.68. The molecule has 1 amide bonds. The average molecular weight is 610 g/mol. The van der Waals surface area contributed by atoms with Crippen molar-refractivity contribution in [3.63, 3.8) is 0 Å². The van der Waals surface area contributed by atoms with Crippen molar-refractivity contribution in [2.45, 2.75) is 44.1 Å². The SMILES string of the molecule is COc1ccc2c(c1)CN(Cc1cc(O)c3c(c1Cl)C[C@H]1C[C@H]4[C@H](N(C)C)C(=O)C(C(N)=O)=C(O)[C@@]4(O)C(=O)C1=C3O)C2. The zero-order chi connectivity index (χ0) is 31.1. The van der Waals surface area contributed by atoms with E-state index in [4.69, 9.17) is 22.1 Å². The highest BCUT2D eigenvalue weighted by molar-refractivity contribution is 6.32. The van der Waals surface area contributed by atoms with Crippen LogP contribution in [0, 0.1) is 11.8 Å². The quantitative estimate of drug-likeness (QED) is 0.316. The van der Waals surface area contributed by atoms with Crippen molar-refractivity contribution in [3.8, 4) is 11.5 Å². The maximum Gasteiger partial charge on any atom is 0.255 e. The highest BCUT2D eigenvalue weighted by atomic mass is 35.5. The average Bonchev–Trinajstić information content (AvgIpc) is 3.34. The minimum Gasteiger partial charge on any atom is -0.508 e. The first-order valence-corrected chi connectivity index (χ1v) is 14.2.